The van der Waals surface area contributed by atoms with Gasteiger partial charge in [-0.15, -0.1) is 0 Å². The highest BCUT2D eigenvalue weighted by Gasteiger charge is 2.44. The average Bonchev–Trinajstić information content (AvgIpc) is 3.16. The van der Waals surface area contributed by atoms with Crippen LogP contribution in [0.3, 0.4) is 0 Å². The highest BCUT2D eigenvalue weighted by molar-refractivity contribution is 5.69. The normalized spacial score (nSPS) is 20.9. The van der Waals surface area contributed by atoms with Gasteiger partial charge in [-0.25, -0.2) is 0 Å². The average molecular weight is 759 g/mol. The van der Waals surface area contributed by atoms with Gasteiger partial charge in [-0.05, 0) is 12.8 Å². The van der Waals surface area contributed by atoms with E-state index < -0.39 is 43.4 Å². The second-order valence-electron chi connectivity index (χ2n) is 15.9. The Labute approximate surface area is 325 Å². The molecule has 53 heavy (non-hydrogen) atoms. The number of esters is 1. The van der Waals surface area contributed by atoms with E-state index in [-0.39, 0.29) is 19.2 Å². The molecule has 6 atom stereocenters. The molecule has 0 aromatic carbocycles. The van der Waals surface area contributed by atoms with E-state index >= 15 is 0 Å². The van der Waals surface area contributed by atoms with Gasteiger partial charge >= 0.3 is 5.97 Å². The molecule has 0 aromatic heterocycles. The molecule has 0 bridgehead atoms. The SMILES string of the molecule is CCCCCCCCCCCCCCCCCCCCCCCCCOCC(COC1OC(CO)C(O)C(O)C1O)OC(=O)CCCCCCCCC. The molecule has 0 aromatic rings. The van der Waals surface area contributed by atoms with E-state index in [2.05, 4.69) is 13.8 Å². The van der Waals surface area contributed by atoms with Crippen molar-refractivity contribution in [3.05, 3.63) is 0 Å². The van der Waals surface area contributed by atoms with E-state index in [1.165, 1.54) is 161 Å². The van der Waals surface area contributed by atoms with Crippen molar-refractivity contribution < 1.29 is 44.2 Å². The Bertz CT molecular complexity index is 782. The number of unbranched alkanes of at least 4 members (excludes halogenated alkanes) is 28. The predicted octanol–water partition coefficient (Wildman–Crippen LogP) is 9.86. The Kier molecular flexibility index (Phi) is 34.9. The Morgan fingerprint density at radius 1 is 0.528 bits per heavy atom. The summed E-state index contributed by atoms with van der Waals surface area (Å²) in [7, 11) is 0. The van der Waals surface area contributed by atoms with Crippen LogP contribution >= 0.6 is 0 Å². The Morgan fingerprint density at radius 3 is 1.34 bits per heavy atom. The summed E-state index contributed by atoms with van der Waals surface area (Å²) < 4.78 is 22.7. The van der Waals surface area contributed by atoms with Gasteiger partial charge in [-0.1, -0.05) is 194 Å². The molecule has 0 radical (unpaired) electrons. The summed E-state index contributed by atoms with van der Waals surface area (Å²) in [4.78, 5) is 12.6. The van der Waals surface area contributed by atoms with Crippen molar-refractivity contribution in [3.8, 4) is 0 Å². The Balaban J connectivity index is 2.11. The number of carbonyl (C=O) groups excluding carboxylic acids is 1. The van der Waals surface area contributed by atoms with E-state index in [1.807, 2.05) is 0 Å². The number of aliphatic hydroxyl groups is 4. The van der Waals surface area contributed by atoms with Gasteiger partial charge < -0.3 is 39.4 Å². The summed E-state index contributed by atoms with van der Waals surface area (Å²) in [5.41, 5.74) is 0. The number of ether oxygens (including phenoxy) is 4. The molecule has 1 aliphatic heterocycles. The number of carbonyl (C=O) groups is 1. The van der Waals surface area contributed by atoms with Crippen LogP contribution in [0.2, 0.25) is 0 Å². The fourth-order valence-corrected chi connectivity index (χ4v) is 7.20. The van der Waals surface area contributed by atoms with Crippen LogP contribution in [0.4, 0.5) is 0 Å². The molecule has 1 rings (SSSR count). The van der Waals surface area contributed by atoms with Crippen LogP contribution in [-0.2, 0) is 23.7 Å². The van der Waals surface area contributed by atoms with Crippen LogP contribution in [0.15, 0.2) is 0 Å². The highest BCUT2D eigenvalue weighted by Crippen LogP contribution is 2.23. The van der Waals surface area contributed by atoms with Gasteiger partial charge in [0.2, 0.25) is 0 Å². The lowest BCUT2D eigenvalue weighted by Crippen LogP contribution is -2.59. The zero-order chi connectivity index (χ0) is 38.6. The molecule has 1 saturated heterocycles. The standard InChI is InChI=1S/C44H86O9/c1-3-5-7-9-11-12-13-14-15-16-17-18-19-20-21-22-23-24-25-26-28-30-32-34-50-36-38(52-40(46)33-31-29-27-10-8-6-4-2)37-51-44-43(49)42(48)41(47)39(35-45)53-44/h38-39,41-45,47-49H,3-37H2,1-2H3. The minimum atomic E-state index is -1.53. The van der Waals surface area contributed by atoms with Crippen molar-refractivity contribution in [2.75, 3.05) is 26.4 Å². The summed E-state index contributed by atoms with van der Waals surface area (Å²) >= 11 is 0. The second kappa shape index (κ2) is 36.8. The van der Waals surface area contributed by atoms with Crippen molar-refractivity contribution in [2.24, 2.45) is 0 Å². The number of aliphatic hydroxyl groups excluding tert-OH is 4. The number of hydrogen-bond donors (Lipinski definition) is 4. The lowest BCUT2D eigenvalue weighted by Gasteiger charge is -2.39. The molecule has 1 heterocycles. The van der Waals surface area contributed by atoms with E-state index in [4.69, 9.17) is 18.9 Å². The lowest BCUT2D eigenvalue weighted by atomic mass is 9.99. The summed E-state index contributed by atoms with van der Waals surface area (Å²) in [5.74, 6) is -0.316. The van der Waals surface area contributed by atoms with Gasteiger partial charge in [-0.3, -0.25) is 4.79 Å². The molecule has 9 heteroatoms. The van der Waals surface area contributed by atoms with Crippen molar-refractivity contribution in [1.29, 1.82) is 0 Å². The Morgan fingerprint density at radius 2 is 0.925 bits per heavy atom. The fraction of sp³-hybridized carbons (Fsp3) is 0.977. The summed E-state index contributed by atoms with van der Waals surface area (Å²) in [6, 6.07) is 0. The molecule has 4 N–H and O–H groups in total. The smallest absolute Gasteiger partial charge is 0.306 e. The third-order valence-electron chi connectivity index (χ3n) is 10.8. The molecule has 9 nitrogen and oxygen atoms in total. The van der Waals surface area contributed by atoms with Gasteiger partial charge in [0.05, 0.1) is 19.8 Å². The van der Waals surface area contributed by atoms with Gasteiger partial charge in [0.15, 0.2) is 6.29 Å². The quantitative estimate of drug-likeness (QED) is 0.0357. The number of hydrogen-bond acceptors (Lipinski definition) is 9. The first-order valence-corrected chi connectivity index (χ1v) is 22.6. The maximum Gasteiger partial charge on any atom is 0.306 e. The van der Waals surface area contributed by atoms with Crippen molar-refractivity contribution in [3.63, 3.8) is 0 Å². The topological polar surface area (TPSA) is 135 Å². The van der Waals surface area contributed by atoms with E-state index in [0.29, 0.717) is 13.0 Å². The molecule has 6 unspecified atom stereocenters. The van der Waals surface area contributed by atoms with Crippen LogP contribution in [0.25, 0.3) is 0 Å². The largest absolute Gasteiger partial charge is 0.457 e. The van der Waals surface area contributed by atoms with Crippen LogP contribution < -0.4 is 0 Å². The highest BCUT2D eigenvalue weighted by atomic mass is 16.7. The van der Waals surface area contributed by atoms with Gasteiger partial charge in [0.1, 0.15) is 30.5 Å². The summed E-state index contributed by atoms with van der Waals surface area (Å²) in [6.45, 7) is 4.55. The molecule has 1 fully saturated rings. The molecule has 316 valence electrons. The predicted molar refractivity (Wildman–Crippen MR) is 215 cm³/mol. The third-order valence-corrected chi connectivity index (χ3v) is 10.8. The lowest BCUT2D eigenvalue weighted by molar-refractivity contribution is -0.305. The molecular formula is C44H86O9. The van der Waals surface area contributed by atoms with Crippen molar-refractivity contribution >= 4 is 5.97 Å². The van der Waals surface area contributed by atoms with Gasteiger partial charge in [0, 0.05) is 13.0 Å². The van der Waals surface area contributed by atoms with Crippen LogP contribution in [0.5, 0.6) is 0 Å². The molecule has 0 aliphatic carbocycles. The minimum Gasteiger partial charge on any atom is -0.457 e. The minimum absolute atomic E-state index is 0.106. The van der Waals surface area contributed by atoms with Crippen LogP contribution in [0.1, 0.15) is 213 Å². The third kappa shape index (κ3) is 28.3. The fourth-order valence-electron chi connectivity index (χ4n) is 7.20. The molecule has 0 spiro atoms. The molecular weight excluding hydrogens is 672 g/mol. The first-order valence-electron chi connectivity index (χ1n) is 22.6. The van der Waals surface area contributed by atoms with Gasteiger partial charge in [0.25, 0.3) is 0 Å². The van der Waals surface area contributed by atoms with E-state index in [1.54, 1.807) is 0 Å². The number of rotatable bonds is 39. The van der Waals surface area contributed by atoms with Gasteiger partial charge in [-0.2, -0.15) is 0 Å². The first kappa shape index (κ1) is 50.2. The Hall–Kier alpha value is -0.810. The van der Waals surface area contributed by atoms with E-state index in [0.717, 1.165) is 32.1 Å². The zero-order valence-corrected chi connectivity index (χ0v) is 34.5. The van der Waals surface area contributed by atoms with E-state index in [9.17, 15) is 25.2 Å². The maximum absolute atomic E-state index is 12.6. The molecule has 0 saturated carbocycles. The summed E-state index contributed by atoms with van der Waals surface area (Å²) in [5, 5.41) is 39.9. The summed E-state index contributed by atoms with van der Waals surface area (Å²) in [6.07, 6.45) is 31.7. The van der Waals surface area contributed by atoms with Crippen LogP contribution in [0, 0.1) is 0 Å². The van der Waals surface area contributed by atoms with Crippen molar-refractivity contribution in [2.45, 2.75) is 250 Å². The monoisotopic (exact) mass is 759 g/mol. The van der Waals surface area contributed by atoms with Crippen molar-refractivity contribution in [1.82, 2.24) is 0 Å². The first-order chi connectivity index (χ1) is 25.9. The molecule has 0 amide bonds. The molecule has 1 aliphatic rings. The van der Waals surface area contributed by atoms with Crippen LogP contribution in [-0.4, -0.2) is 89.6 Å². The second-order valence-corrected chi connectivity index (χ2v) is 15.9. The maximum atomic E-state index is 12.6. The zero-order valence-electron chi connectivity index (χ0n) is 34.5.